The number of hydrogen-bond donors (Lipinski definition) is 2. The molecular weight excluding hydrogens is 418 g/mol. The van der Waals surface area contributed by atoms with Crippen molar-refractivity contribution in [3.63, 3.8) is 0 Å². The second-order valence-corrected chi connectivity index (χ2v) is 7.17. The number of amides is 2. The van der Waals surface area contributed by atoms with Gasteiger partial charge in [0.1, 0.15) is 0 Å². The Bertz CT molecular complexity index is 944. The van der Waals surface area contributed by atoms with Crippen LogP contribution in [0.5, 0.6) is 0 Å². The molecule has 1 aromatic heterocycles. The van der Waals surface area contributed by atoms with Crippen molar-refractivity contribution in [3.05, 3.63) is 94.2 Å². The number of halogens is 1. The van der Waals surface area contributed by atoms with Gasteiger partial charge in [-0.2, -0.15) is 0 Å². The molecule has 0 saturated carbocycles. The van der Waals surface area contributed by atoms with E-state index in [1.165, 1.54) is 6.20 Å². The van der Waals surface area contributed by atoms with Gasteiger partial charge in [0, 0.05) is 35.5 Å². The third-order valence-corrected chi connectivity index (χ3v) is 4.75. The Balaban J connectivity index is 1.55. The summed E-state index contributed by atoms with van der Waals surface area (Å²) in [5.41, 5.74) is 3.11. The van der Waals surface area contributed by atoms with Crippen molar-refractivity contribution in [2.45, 2.75) is 19.4 Å². The van der Waals surface area contributed by atoms with Crippen molar-refractivity contribution in [1.82, 2.24) is 10.3 Å². The Labute approximate surface area is 172 Å². The maximum Gasteiger partial charge on any atom is 0.257 e. The molecule has 2 amide bonds. The summed E-state index contributed by atoms with van der Waals surface area (Å²) in [6.07, 6.45) is 4.22. The van der Waals surface area contributed by atoms with Gasteiger partial charge in [0.05, 0.1) is 5.56 Å². The second-order valence-electron chi connectivity index (χ2n) is 6.26. The summed E-state index contributed by atoms with van der Waals surface area (Å²) in [7, 11) is 0. The molecule has 6 heteroatoms. The van der Waals surface area contributed by atoms with Gasteiger partial charge < -0.3 is 10.6 Å². The fourth-order valence-electron chi connectivity index (χ4n) is 2.68. The van der Waals surface area contributed by atoms with Gasteiger partial charge in [-0.25, -0.2) is 0 Å². The van der Waals surface area contributed by atoms with Crippen LogP contribution < -0.4 is 10.6 Å². The molecule has 28 heavy (non-hydrogen) atoms. The number of aryl methyl sites for hydroxylation is 1. The normalized spacial score (nSPS) is 10.3. The van der Waals surface area contributed by atoms with Gasteiger partial charge in [0.2, 0.25) is 5.91 Å². The Hall–Kier alpha value is -2.99. The molecule has 3 rings (SSSR count). The summed E-state index contributed by atoms with van der Waals surface area (Å²) in [4.78, 5) is 28.5. The maximum atomic E-state index is 12.3. The van der Waals surface area contributed by atoms with Crippen LogP contribution in [0.1, 0.15) is 27.9 Å². The van der Waals surface area contributed by atoms with Crippen molar-refractivity contribution >= 4 is 33.4 Å². The van der Waals surface area contributed by atoms with E-state index in [0.717, 1.165) is 15.6 Å². The fourth-order valence-corrected chi connectivity index (χ4v) is 2.94. The first-order chi connectivity index (χ1) is 13.6. The van der Waals surface area contributed by atoms with Crippen LogP contribution >= 0.6 is 15.9 Å². The Morgan fingerprint density at radius 1 is 0.964 bits per heavy atom. The third-order valence-electron chi connectivity index (χ3n) is 4.22. The van der Waals surface area contributed by atoms with Crippen LogP contribution in [0.4, 0.5) is 5.69 Å². The Morgan fingerprint density at radius 3 is 2.50 bits per heavy atom. The summed E-state index contributed by atoms with van der Waals surface area (Å²) in [6.45, 7) is 0.350. The van der Waals surface area contributed by atoms with Crippen LogP contribution in [0.15, 0.2) is 77.5 Å². The number of carbonyl (C=O) groups excluding carboxylic acids is 2. The zero-order valence-electron chi connectivity index (χ0n) is 15.2. The molecule has 5 nitrogen and oxygen atoms in total. The molecule has 0 aliphatic heterocycles. The highest BCUT2D eigenvalue weighted by molar-refractivity contribution is 9.10. The molecule has 0 atom stereocenters. The van der Waals surface area contributed by atoms with E-state index in [1.54, 1.807) is 18.3 Å². The number of rotatable bonds is 7. The van der Waals surface area contributed by atoms with E-state index in [0.29, 0.717) is 30.6 Å². The molecule has 142 valence electrons. The van der Waals surface area contributed by atoms with Crippen LogP contribution in [0, 0.1) is 0 Å². The monoisotopic (exact) mass is 437 g/mol. The number of benzene rings is 2. The number of hydrogen-bond acceptors (Lipinski definition) is 3. The lowest BCUT2D eigenvalue weighted by Crippen LogP contribution is -2.24. The van der Waals surface area contributed by atoms with Crippen LogP contribution in [-0.2, 0) is 17.8 Å². The van der Waals surface area contributed by atoms with Gasteiger partial charge >= 0.3 is 0 Å². The SMILES string of the molecule is O=C(CCc1ccc(Br)cc1)NCc1ccccc1NC(=O)c1cccnc1. The molecule has 0 unspecified atom stereocenters. The zero-order valence-corrected chi connectivity index (χ0v) is 16.8. The van der Waals surface area contributed by atoms with Crippen molar-refractivity contribution in [2.75, 3.05) is 5.32 Å². The number of pyridine rings is 1. The standard InChI is InChI=1S/C22H20BrN3O2/c23-19-10-7-16(8-11-19)9-12-21(27)25-15-17-4-1-2-6-20(17)26-22(28)18-5-3-13-24-14-18/h1-8,10-11,13-14H,9,12,15H2,(H,25,27)(H,26,28). The molecule has 0 aliphatic carbocycles. The molecule has 0 radical (unpaired) electrons. The molecule has 0 saturated heterocycles. The number of anilines is 1. The predicted octanol–water partition coefficient (Wildman–Crippen LogP) is 4.35. The highest BCUT2D eigenvalue weighted by Crippen LogP contribution is 2.16. The van der Waals surface area contributed by atoms with Crippen LogP contribution in [-0.4, -0.2) is 16.8 Å². The number of para-hydroxylation sites is 1. The first-order valence-corrected chi connectivity index (χ1v) is 9.71. The maximum absolute atomic E-state index is 12.3. The molecule has 3 aromatic rings. The second kappa shape index (κ2) is 9.80. The highest BCUT2D eigenvalue weighted by Gasteiger charge is 2.10. The van der Waals surface area contributed by atoms with Gasteiger partial charge in [-0.1, -0.05) is 46.3 Å². The number of nitrogens with zero attached hydrogens (tertiary/aromatic N) is 1. The van der Waals surface area contributed by atoms with Gasteiger partial charge in [-0.3, -0.25) is 14.6 Å². The third kappa shape index (κ3) is 5.76. The summed E-state index contributed by atoms with van der Waals surface area (Å²) in [5, 5.41) is 5.80. The summed E-state index contributed by atoms with van der Waals surface area (Å²) in [5.74, 6) is -0.265. The molecule has 2 N–H and O–H groups in total. The molecule has 0 spiro atoms. The van der Waals surface area contributed by atoms with E-state index in [2.05, 4.69) is 31.5 Å². The Kier molecular flexibility index (Phi) is 6.92. The first-order valence-electron chi connectivity index (χ1n) is 8.92. The van der Waals surface area contributed by atoms with E-state index in [9.17, 15) is 9.59 Å². The van der Waals surface area contributed by atoms with Gasteiger partial charge in [-0.05, 0) is 47.9 Å². The predicted molar refractivity (Wildman–Crippen MR) is 113 cm³/mol. The highest BCUT2D eigenvalue weighted by atomic mass is 79.9. The average molecular weight is 438 g/mol. The van der Waals surface area contributed by atoms with Crippen LogP contribution in [0.25, 0.3) is 0 Å². The minimum Gasteiger partial charge on any atom is -0.352 e. The topological polar surface area (TPSA) is 71.1 Å². The van der Waals surface area contributed by atoms with Gasteiger partial charge in [0.15, 0.2) is 0 Å². The fraction of sp³-hybridized carbons (Fsp3) is 0.136. The average Bonchev–Trinajstić information content (AvgIpc) is 2.73. The number of aromatic nitrogens is 1. The van der Waals surface area contributed by atoms with Crippen molar-refractivity contribution in [2.24, 2.45) is 0 Å². The Morgan fingerprint density at radius 2 is 1.75 bits per heavy atom. The molecule has 0 fully saturated rings. The summed E-state index contributed by atoms with van der Waals surface area (Å²) < 4.78 is 1.02. The van der Waals surface area contributed by atoms with Crippen molar-refractivity contribution in [1.29, 1.82) is 0 Å². The van der Waals surface area contributed by atoms with Gasteiger partial charge in [-0.15, -0.1) is 0 Å². The van der Waals surface area contributed by atoms with Crippen molar-refractivity contribution < 1.29 is 9.59 Å². The van der Waals surface area contributed by atoms with E-state index < -0.39 is 0 Å². The lowest BCUT2D eigenvalue weighted by atomic mass is 10.1. The summed E-state index contributed by atoms with van der Waals surface area (Å²) >= 11 is 3.40. The molecule has 0 bridgehead atoms. The summed E-state index contributed by atoms with van der Waals surface area (Å²) in [6, 6.07) is 18.8. The van der Waals surface area contributed by atoms with Crippen molar-refractivity contribution in [3.8, 4) is 0 Å². The smallest absolute Gasteiger partial charge is 0.257 e. The van der Waals surface area contributed by atoms with E-state index >= 15 is 0 Å². The minimum atomic E-state index is -0.234. The van der Waals surface area contributed by atoms with E-state index in [1.807, 2.05) is 48.5 Å². The number of nitrogens with one attached hydrogen (secondary N) is 2. The molecule has 1 heterocycles. The van der Waals surface area contributed by atoms with E-state index in [-0.39, 0.29) is 11.8 Å². The zero-order chi connectivity index (χ0) is 19.8. The number of carbonyl (C=O) groups is 2. The largest absolute Gasteiger partial charge is 0.352 e. The molecular formula is C22H20BrN3O2. The van der Waals surface area contributed by atoms with Crippen LogP contribution in [0.2, 0.25) is 0 Å². The first kappa shape index (κ1) is 19.8. The van der Waals surface area contributed by atoms with Gasteiger partial charge in [0.25, 0.3) is 5.91 Å². The quantitative estimate of drug-likeness (QED) is 0.577. The lowest BCUT2D eigenvalue weighted by molar-refractivity contribution is -0.121. The van der Waals surface area contributed by atoms with E-state index in [4.69, 9.17) is 0 Å². The molecule has 2 aromatic carbocycles. The lowest BCUT2D eigenvalue weighted by Gasteiger charge is -2.12. The van der Waals surface area contributed by atoms with Crippen LogP contribution in [0.3, 0.4) is 0 Å². The minimum absolute atomic E-state index is 0.0312. The molecule has 0 aliphatic rings.